The molecule has 2 heterocycles. The molecule has 0 bridgehead atoms. The molecule has 0 aliphatic carbocycles. The van der Waals surface area contributed by atoms with Crippen LogP contribution >= 0.6 is 0 Å². The second-order valence-electron chi connectivity index (χ2n) is 8.03. The molecule has 0 saturated carbocycles. The highest BCUT2D eigenvalue weighted by molar-refractivity contribution is 6.25. The summed E-state index contributed by atoms with van der Waals surface area (Å²) in [6.45, 7) is 0. The molecular formula is C29H17NO. The molecule has 0 radical (unpaired) electrons. The minimum Gasteiger partial charge on any atom is -0.456 e. The SMILES string of the molecule is c1ccc(-c2cc3cc4c(cc3c3c2ncc2ccccc23)oc2ccccc24)cc1. The number of furan rings is 1. The number of hydrogen-bond acceptors (Lipinski definition) is 2. The Morgan fingerprint density at radius 3 is 2.23 bits per heavy atom. The van der Waals surface area contributed by atoms with E-state index in [0.29, 0.717) is 0 Å². The lowest BCUT2D eigenvalue weighted by Gasteiger charge is -2.13. The summed E-state index contributed by atoms with van der Waals surface area (Å²) in [5.74, 6) is 0. The molecule has 0 atom stereocenters. The van der Waals surface area contributed by atoms with Crippen molar-refractivity contribution >= 4 is 54.4 Å². The number of hydrogen-bond donors (Lipinski definition) is 0. The molecule has 0 aliphatic rings. The van der Waals surface area contributed by atoms with E-state index >= 15 is 0 Å². The van der Waals surface area contributed by atoms with Gasteiger partial charge in [0.25, 0.3) is 0 Å². The fraction of sp³-hybridized carbons (Fsp3) is 0. The molecule has 0 amide bonds. The van der Waals surface area contributed by atoms with Crippen LogP contribution in [0.1, 0.15) is 0 Å². The Labute approximate surface area is 178 Å². The van der Waals surface area contributed by atoms with Crippen LogP contribution in [-0.4, -0.2) is 4.98 Å². The zero-order valence-corrected chi connectivity index (χ0v) is 16.7. The summed E-state index contributed by atoms with van der Waals surface area (Å²) in [7, 11) is 0. The van der Waals surface area contributed by atoms with Gasteiger partial charge in [0.1, 0.15) is 11.2 Å². The van der Waals surface area contributed by atoms with Crippen LogP contribution in [0.3, 0.4) is 0 Å². The Morgan fingerprint density at radius 1 is 0.548 bits per heavy atom. The molecule has 0 fully saturated rings. The zero-order chi connectivity index (χ0) is 20.4. The van der Waals surface area contributed by atoms with Crippen LogP contribution in [0.5, 0.6) is 0 Å². The van der Waals surface area contributed by atoms with Gasteiger partial charge in [-0.1, -0.05) is 72.8 Å². The van der Waals surface area contributed by atoms with E-state index in [4.69, 9.17) is 9.40 Å². The molecule has 2 nitrogen and oxygen atoms in total. The number of pyridine rings is 1. The molecule has 5 aromatic carbocycles. The zero-order valence-electron chi connectivity index (χ0n) is 16.7. The van der Waals surface area contributed by atoms with Gasteiger partial charge >= 0.3 is 0 Å². The van der Waals surface area contributed by atoms with Crippen molar-refractivity contribution in [3.8, 4) is 11.1 Å². The van der Waals surface area contributed by atoms with Crippen LogP contribution in [0.4, 0.5) is 0 Å². The first-order chi connectivity index (χ1) is 15.4. The van der Waals surface area contributed by atoms with E-state index in [1.54, 1.807) is 0 Å². The Balaban J connectivity index is 1.74. The maximum absolute atomic E-state index is 6.22. The lowest BCUT2D eigenvalue weighted by atomic mass is 9.93. The molecule has 0 aliphatic heterocycles. The number of benzene rings is 5. The van der Waals surface area contributed by atoms with Crippen molar-refractivity contribution in [2.75, 3.05) is 0 Å². The monoisotopic (exact) mass is 395 g/mol. The minimum atomic E-state index is 0.912. The van der Waals surface area contributed by atoms with Gasteiger partial charge in [0.05, 0.1) is 5.52 Å². The summed E-state index contributed by atoms with van der Waals surface area (Å²) < 4.78 is 6.22. The molecule has 0 saturated heterocycles. The topological polar surface area (TPSA) is 26.0 Å². The summed E-state index contributed by atoms with van der Waals surface area (Å²) >= 11 is 0. The predicted molar refractivity (Wildman–Crippen MR) is 129 cm³/mol. The van der Waals surface area contributed by atoms with Crippen molar-refractivity contribution in [1.29, 1.82) is 0 Å². The summed E-state index contributed by atoms with van der Waals surface area (Å²) in [5.41, 5.74) is 5.18. The first-order valence-electron chi connectivity index (χ1n) is 10.5. The molecule has 31 heavy (non-hydrogen) atoms. The van der Waals surface area contributed by atoms with Crippen molar-refractivity contribution in [2.24, 2.45) is 0 Å². The Morgan fingerprint density at radius 2 is 1.32 bits per heavy atom. The van der Waals surface area contributed by atoms with Crippen LogP contribution in [0, 0.1) is 0 Å². The van der Waals surface area contributed by atoms with E-state index in [1.165, 1.54) is 27.1 Å². The molecule has 7 aromatic rings. The predicted octanol–water partition coefficient (Wildman–Crippen LogP) is 8.11. The minimum absolute atomic E-state index is 0.912. The van der Waals surface area contributed by atoms with Gasteiger partial charge in [0, 0.05) is 33.3 Å². The Hall–Kier alpha value is -4.17. The third kappa shape index (κ3) is 2.36. The molecule has 144 valence electrons. The first-order valence-corrected chi connectivity index (χ1v) is 10.5. The maximum Gasteiger partial charge on any atom is 0.136 e. The normalized spacial score (nSPS) is 11.9. The van der Waals surface area contributed by atoms with Gasteiger partial charge in [-0.3, -0.25) is 4.98 Å². The van der Waals surface area contributed by atoms with Gasteiger partial charge in [0.2, 0.25) is 0 Å². The fourth-order valence-electron chi connectivity index (χ4n) is 4.83. The summed E-state index contributed by atoms with van der Waals surface area (Å²) in [6, 6.07) is 34.0. The second-order valence-corrected chi connectivity index (χ2v) is 8.03. The van der Waals surface area contributed by atoms with Gasteiger partial charge in [-0.15, -0.1) is 0 Å². The first kappa shape index (κ1) is 16.6. The smallest absolute Gasteiger partial charge is 0.136 e. The molecule has 7 rings (SSSR count). The van der Waals surface area contributed by atoms with Crippen LogP contribution in [-0.2, 0) is 0 Å². The van der Waals surface area contributed by atoms with Crippen molar-refractivity contribution in [2.45, 2.75) is 0 Å². The number of aromatic nitrogens is 1. The lowest BCUT2D eigenvalue weighted by molar-refractivity contribution is 0.669. The van der Waals surface area contributed by atoms with Crippen molar-refractivity contribution in [3.63, 3.8) is 0 Å². The summed E-state index contributed by atoms with van der Waals surface area (Å²) in [6.07, 6.45) is 1.98. The van der Waals surface area contributed by atoms with Crippen molar-refractivity contribution < 1.29 is 4.42 Å². The van der Waals surface area contributed by atoms with E-state index in [2.05, 4.69) is 84.9 Å². The maximum atomic E-state index is 6.22. The van der Waals surface area contributed by atoms with Gasteiger partial charge in [0.15, 0.2) is 0 Å². The van der Waals surface area contributed by atoms with Crippen LogP contribution in [0.15, 0.2) is 108 Å². The highest BCUT2D eigenvalue weighted by Gasteiger charge is 2.15. The molecule has 0 spiro atoms. The largest absolute Gasteiger partial charge is 0.456 e. The third-order valence-electron chi connectivity index (χ3n) is 6.26. The number of nitrogens with zero attached hydrogens (tertiary/aromatic N) is 1. The standard InChI is InChI=1S/C29H17NO/c1-2-8-18(9-3-1)24-14-20-15-25-22-12-6-7-13-26(22)31-27(25)16-23(20)28-21-11-5-4-10-19(21)17-30-29(24)28/h1-17H. The highest BCUT2D eigenvalue weighted by Crippen LogP contribution is 2.40. The number of fused-ring (bicyclic) bond motifs is 8. The summed E-state index contributed by atoms with van der Waals surface area (Å²) in [4.78, 5) is 4.93. The quantitative estimate of drug-likeness (QED) is 0.262. The van der Waals surface area contributed by atoms with Crippen LogP contribution in [0.25, 0.3) is 65.5 Å². The van der Waals surface area contributed by atoms with E-state index < -0.39 is 0 Å². The van der Waals surface area contributed by atoms with Gasteiger partial charge < -0.3 is 4.42 Å². The Kier molecular flexibility index (Phi) is 3.30. The molecule has 0 N–H and O–H groups in total. The molecule has 2 aromatic heterocycles. The van der Waals surface area contributed by atoms with E-state index in [1.807, 2.05) is 18.3 Å². The van der Waals surface area contributed by atoms with Gasteiger partial charge in [-0.2, -0.15) is 0 Å². The third-order valence-corrected chi connectivity index (χ3v) is 6.26. The fourth-order valence-corrected chi connectivity index (χ4v) is 4.83. The van der Waals surface area contributed by atoms with Gasteiger partial charge in [-0.05, 0) is 46.0 Å². The van der Waals surface area contributed by atoms with Crippen molar-refractivity contribution in [3.05, 3.63) is 103 Å². The molecular weight excluding hydrogens is 378 g/mol. The second kappa shape index (κ2) is 6.16. The number of rotatable bonds is 1. The molecule has 2 heteroatoms. The number of para-hydroxylation sites is 1. The molecule has 0 unspecified atom stereocenters. The average molecular weight is 395 g/mol. The van der Waals surface area contributed by atoms with E-state index in [0.717, 1.165) is 38.4 Å². The average Bonchev–Trinajstić information content (AvgIpc) is 3.20. The highest BCUT2D eigenvalue weighted by atomic mass is 16.3. The van der Waals surface area contributed by atoms with Crippen molar-refractivity contribution in [1.82, 2.24) is 4.98 Å². The van der Waals surface area contributed by atoms with E-state index in [-0.39, 0.29) is 0 Å². The van der Waals surface area contributed by atoms with E-state index in [9.17, 15) is 0 Å². The lowest BCUT2D eigenvalue weighted by Crippen LogP contribution is -1.89. The Bertz CT molecular complexity index is 1780. The van der Waals surface area contributed by atoms with Crippen LogP contribution in [0.2, 0.25) is 0 Å². The summed E-state index contributed by atoms with van der Waals surface area (Å²) in [5, 5.41) is 8.20. The van der Waals surface area contributed by atoms with Crippen LogP contribution < -0.4 is 0 Å². The van der Waals surface area contributed by atoms with Gasteiger partial charge in [-0.25, -0.2) is 0 Å².